The quantitative estimate of drug-likeness (QED) is 0.887. The van der Waals surface area contributed by atoms with E-state index in [-0.39, 0.29) is 5.92 Å². The van der Waals surface area contributed by atoms with E-state index in [9.17, 15) is 5.11 Å². The summed E-state index contributed by atoms with van der Waals surface area (Å²) in [6, 6.07) is 11.3. The van der Waals surface area contributed by atoms with Gasteiger partial charge in [0.05, 0.1) is 19.8 Å². The third-order valence-electron chi connectivity index (χ3n) is 4.10. The molecule has 0 aliphatic carbocycles. The molecule has 0 unspecified atom stereocenters. The predicted octanol–water partition coefficient (Wildman–Crippen LogP) is 3.50. The maximum absolute atomic E-state index is 11.1. The first kappa shape index (κ1) is 16.3. The number of aliphatic hydroxyl groups is 1. The zero-order chi connectivity index (χ0) is 16.2. The molecule has 0 saturated carbocycles. The van der Waals surface area contributed by atoms with Crippen LogP contribution in [0.15, 0.2) is 42.6 Å². The second kappa shape index (κ2) is 6.79. The van der Waals surface area contributed by atoms with Crippen LogP contribution in [0.5, 0.6) is 11.5 Å². The van der Waals surface area contributed by atoms with Crippen LogP contribution in [-0.4, -0.2) is 24.3 Å². The summed E-state index contributed by atoms with van der Waals surface area (Å²) in [5, 5.41) is 11.1. The van der Waals surface area contributed by atoms with E-state index in [1.165, 1.54) is 0 Å². The highest BCUT2D eigenvalue weighted by Gasteiger charge is 2.35. The van der Waals surface area contributed by atoms with Crippen LogP contribution >= 0.6 is 0 Å². The van der Waals surface area contributed by atoms with Gasteiger partial charge < -0.3 is 14.6 Å². The molecule has 0 aliphatic rings. The van der Waals surface area contributed by atoms with Gasteiger partial charge in [-0.2, -0.15) is 0 Å². The average Bonchev–Trinajstić information content (AvgIpc) is 2.55. The molecule has 0 spiro atoms. The summed E-state index contributed by atoms with van der Waals surface area (Å²) in [4.78, 5) is 4.40. The fourth-order valence-electron chi connectivity index (χ4n) is 2.83. The molecule has 1 aromatic heterocycles. The fourth-order valence-corrected chi connectivity index (χ4v) is 2.83. The number of nitrogens with zero attached hydrogens (tertiary/aromatic N) is 1. The normalized spacial score (nSPS) is 15.0. The van der Waals surface area contributed by atoms with E-state index in [0.717, 1.165) is 17.7 Å². The van der Waals surface area contributed by atoms with Crippen molar-refractivity contribution in [3.63, 3.8) is 0 Å². The number of ether oxygens (including phenoxy) is 2. The van der Waals surface area contributed by atoms with Crippen LogP contribution in [0.25, 0.3) is 0 Å². The lowest BCUT2D eigenvalue weighted by atomic mass is 9.79. The van der Waals surface area contributed by atoms with Crippen LogP contribution in [0.2, 0.25) is 0 Å². The monoisotopic (exact) mass is 301 g/mol. The predicted molar refractivity (Wildman–Crippen MR) is 86.4 cm³/mol. The molecule has 0 radical (unpaired) electrons. The second-order valence-corrected chi connectivity index (χ2v) is 5.43. The van der Waals surface area contributed by atoms with Gasteiger partial charge in [-0.05, 0) is 43.2 Å². The number of methoxy groups -OCH3 is 2. The van der Waals surface area contributed by atoms with E-state index in [4.69, 9.17) is 9.47 Å². The van der Waals surface area contributed by atoms with Crippen molar-refractivity contribution in [3.05, 3.63) is 53.9 Å². The molecule has 0 saturated heterocycles. The third-order valence-corrected chi connectivity index (χ3v) is 4.10. The molecule has 0 fully saturated rings. The smallest absolute Gasteiger partial charge is 0.161 e. The summed E-state index contributed by atoms with van der Waals surface area (Å²) in [5.41, 5.74) is 0.607. The summed E-state index contributed by atoms with van der Waals surface area (Å²) in [6.45, 7) is 3.87. The summed E-state index contributed by atoms with van der Waals surface area (Å²) in [5.74, 6) is 1.15. The third kappa shape index (κ3) is 3.07. The lowest BCUT2D eigenvalue weighted by Crippen LogP contribution is -2.30. The van der Waals surface area contributed by atoms with E-state index in [0.29, 0.717) is 11.5 Å². The van der Waals surface area contributed by atoms with Crippen molar-refractivity contribution in [1.29, 1.82) is 0 Å². The minimum atomic E-state index is -1.05. The Morgan fingerprint density at radius 3 is 2.41 bits per heavy atom. The van der Waals surface area contributed by atoms with E-state index in [1.54, 1.807) is 20.4 Å². The summed E-state index contributed by atoms with van der Waals surface area (Å²) >= 11 is 0. The van der Waals surface area contributed by atoms with Gasteiger partial charge in [0.2, 0.25) is 0 Å². The number of benzene rings is 1. The van der Waals surface area contributed by atoms with Gasteiger partial charge in [0, 0.05) is 17.8 Å². The minimum absolute atomic E-state index is 0.105. The summed E-state index contributed by atoms with van der Waals surface area (Å²) in [7, 11) is 3.19. The first-order valence-corrected chi connectivity index (χ1v) is 7.40. The Labute approximate surface area is 131 Å². The highest BCUT2D eigenvalue weighted by Crippen LogP contribution is 2.41. The Bertz CT molecular complexity index is 611. The highest BCUT2D eigenvalue weighted by atomic mass is 16.5. The molecule has 0 aliphatic heterocycles. The number of pyridine rings is 1. The van der Waals surface area contributed by atoms with Crippen molar-refractivity contribution in [2.45, 2.75) is 31.8 Å². The molecular formula is C18H23NO3. The molecule has 22 heavy (non-hydrogen) atoms. The van der Waals surface area contributed by atoms with Crippen molar-refractivity contribution in [3.8, 4) is 11.5 Å². The molecular weight excluding hydrogens is 278 g/mol. The Morgan fingerprint density at radius 2 is 1.86 bits per heavy atom. The van der Waals surface area contributed by atoms with Crippen molar-refractivity contribution in [1.82, 2.24) is 4.98 Å². The first-order chi connectivity index (χ1) is 10.5. The van der Waals surface area contributed by atoms with Crippen LogP contribution in [0, 0.1) is 0 Å². The van der Waals surface area contributed by atoms with Crippen molar-refractivity contribution >= 4 is 0 Å². The second-order valence-electron chi connectivity index (χ2n) is 5.43. The maximum Gasteiger partial charge on any atom is 0.161 e. The van der Waals surface area contributed by atoms with Gasteiger partial charge in [0.25, 0.3) is 0 Å². The molecule has 2 aromatic rings. The molecule has 4 heteroatoms. The fraction of sp³-hybridized carbons (Fsp3) is 0.389. The molecule has 118 valence electrons. The van der Waals surface area contributed by atoms with Gasteiger partial charge in [-0.25, -0.2) is 0 Å². The van der Waals surface area contributed by atoms with E-state index < -0.39 is 5.60 Å². The van der Waals surface area contributed by atoms with Gasteiger partial charge in [-0.15, -0.1) is 0 Å². The number of hydrogen-bond donors (Lipinski definition) is 1. The summed E-state index contributed by atoms with van der Waals surface area (Å²) < 4.78 is 10.6. The van der Waals surface area contributed by atoms with Crippen LogP contribution < -0.4 is 9.47 Å². The van der Waals surface area contributed by atoms with Crippen LogP contribution in [0.3, 0.4) is 0 Å². The van der Waals surface area contributed by atoms with Crippen molar-refractivity contribution in [2.24, 2.45) is 0 Å². The van der Waals surface area contributed by atoms with Gasteiger partial charge in [-0.1, -0.05) is 19.1 Å². The molecule has 2 atom stereocenters. The standard InChI is InChI=1S/C18H23NO3/c1-5-14(15-8-6-7-11-19-15)18(2,20)13-9-10-16(21-3)17(12-13)22-4/h6-12,14,20H,5H2,1-4H3/t14-,18-/m1/s1. The molecule has 1 aromatic carbocycles. The molecule has 1 N–H and O–H groups in total. The average molecular weight is 301 g/mol. The lowest BCUT2D eigenvalue weighted by Gasteiger charge is -2.33. The van der Waals surface area contributed by atoms with Crippen molar-refractivity contribution in [2.75, 3.05) is 14.2 Å². The van der Waals surface area contributed by atoms with Gasteiger partial charge >= 0.3 is 0 Å². The molecule has 0 bridgehead atoms. The Kier molecular flexibility index (Phi) is 5.03. The first-order valence-electron chi connectivity index (χ1n) is 7.40. The summed E-state index contributed by atoms with van der Waals surface area (Å²) in [6.07, 6.45) is 2.53. The van der Waals surface area contributed by atoms with Crippen LogP contribution in [-0.2, 0) is 5.60 Å². The van der Waals surface area contributed by atoms with Crippen LogP contribution in [0.4, 0.5) is 0 Å². The minimum Gasteiger partial charge on any atom is -0.493 e. The Hall–Kier alpha value is -2.07. The SMILES string of the molecule is CC[C@H](c1ccccn1)[C@](C)(O)c1ccc(OC)c(OC)c1. The van der Waals surface area contributed by atoms with Crippen LogP contribution in [0.1, 0.15) is 37.4 Å². The number of aromatic nitrogens is 1. The Balaban J connectivity index is 2.44. The van der Waals surface area contributed by atoms with E-state index in [2.05, 4.69) is 11.9 Å². The zero-order valence-electron chi connectivity index (χ0n) is 13.5. The van der Waals surface area contributed by atoms with Gasteiger partial charge in [0.15, 0.2) is 11.5 Å². The topological polar surface area (TPSA) is 51.6 Å². The van der Waals surface area contributed by atoms with E-state index >= 15 is 0 Å². The maximum atomic E-state index is 11.1. The lowest BCUT2D eigenvalue weighted by molar-refractivity contribution is 0.0233. The molecule has 1 heterocycles. The number of hydrogen-bond acceptors (Lipinski definition) is 4. The van der Waals surface area contributed by atoms with E-state index in [1.807, 2.05) is 43.3 Å². The molecule has 2 rings (SSSR count). The van der Waals surface area contributed by atoms with Gasteiger partial charge in [0.1, 0.15) is 0 Å². The molecule has 4 nitrogen and oxygen atoms in total. The highest BCUT2D eigenvalue weighted by molar-refractivity contribution is 5.45. The zero-order valence-corrected chi connectivity index (χ0v) is 13.5. The molecule has 0 amide bonds. The largest absolute Gasteiger partial charge is 0.493 e. The van der Waals surface area contributed by atoms with Gasteiger partial charge in [-0.3, -0.25) is 4.98 Å². The van der Waals surface area contributed by atoms with Crippen molar-refractivity contribution < 1.29 is 14.6 Å². The Morgan fingerprint density at radius 1 is 1.14 bits per heavy atom. The number of rotatable bonds is 6.